The van der Waals surface area contributed by atoms with Gasteiger partial charge in [-0.15, -0.1) is 10.2 Å². The summed E-state index contributed by atoms with van der Waals surface area (Å²) in [5.74, 6) is -0.0557. The maximum atomic E-state index is 12.6. The summed E-state index contributed by atoms with van der Waals surface area (Å²) in [5, 5.41) is 7.61. The van der Waals surface area contributed by atoms with Crippen molar-refractivity contribution in [2.24, 2.45) is 5.73 Å². The van der Waals surface area contributed by atoms with E-state index < -0.39 is 6.61 Å². The van der Waals surface area contributed by atoms with Crippen LogP contribution < -0.4 is 16.2 Å². The van der Waals surface area contributed by atoms with Crippen molar-refractivity contribution in [3.05, 3.63) is 35.2 Å². The van der Waals surface area contributed by atoms with Crippen LogP contribution in [0.1, 0.15) is 18.2 Å². The Hall–Kier alpha value is -2.77. The van der Waals surface area contributed by atoms with Gasteiger partial charge in [-0.05, 0) is 37.6 Å². The molecule has 0 aliphatic rings. The average molecular weight is 307 g/mol. The number of allylic oxidation sites excluding steroid dienone is 1. The first-order chi connectivity index (χ1) is 10.4. The second kappa shape index (κ2) is 6.33. The third kappa shape index (κ3) is 3.66. The summed E-state index contributed by atoms with van der Waals surface area (Å²) in [4.78, 5) is 4.04. The lowest BCUT2D eigenvalue weighted by atomic mass is 10.1. The summed E-state index contributed by atoms with van der Waals surface area (Å²) in [6.07, 6.45) is 1.53. The molecule has 0 unspecified atom stereocenters. The van der Waals surface area contributed by atoms with Gasteiger partial charge in [0.15, 0.2) is 0 Å². The third-order valence-corrected chi connectivity index (χ3v) is 2.70. The van der Waals surface area contributed by atoms with Crippen molar-refractivity contribution in [2.45, 2.75) is 20.5 Å². The SMILES string of the molecule is C/C(N)=C/c1nc(N)nnc1-c1ccc(C)cc1OC(F)F. The van der Waals surface area contributed by atoms with Gasteiger partial charge in [0, 0.05) is 11.3 Å². The molecule has 0 spiro atoms. The molecular formula is C14H15F2N5O. The van der Waals surface area contributed by atoms with E-state index in [9.17, 15) is 8.78 Å². The van der Waals surface area contributed by atoms with Gasteiger partial charge in [-0.1, -0.05) is 6.07 Å². The lowest BCUT2D eigenvalue weighted by molar-refractivity contribution is -0.0494. The molecule has 0 amide bonds. The highest BCUT2D eigenvalue weighted by molar-refractivity contribution is 5.75. The van der Waals surface area contributed by atoms with Gasteiger partial charge < -0.3 is 16.2 Å². The van der Waals surface area contributed by atoms with Crippen molar-refractivity contribution in [3.8, 4) is 17.0 Å². The molecular weight excluding hydrogens is 292 g/mol. The number of aromatic nitrogens is 3. The maximum Gasteiger partial charge on any atom is 0.387 e. The first-order valence-corrected chi connectivity index (χ1v) is 6.36. The maximum absolute atomic E-state index is 12.6. The molecule has 0 radical (unpaired) electrons. The van der Waals surface area contributed by atoms with E-state index in [4.69, 9.17) is 11.5 Å². The fourth-order valence-electron chi connectivity index (χ4n) is 1.88. The van der Waals surface area contributed by atoms with Crippen molar-refractivity contribution in [2.75, 3.05) is 5.73 Å². The second-order valence-corrected chi connectivity index (χ2v) is 4.67. The number of hydrogen-bond acceptors (Lipinski definition) is 6. The quantitative estimate of drug-likeness (QED) is 0.899. The molecule has 0 saturated carbocycles. The van der Waals surface area contributed by atoms with E-state index in [0.29, 0.717) is 17.0 Å². The molecule has 22 heavy (non-hydrogen) atoms. The number of ether oxygens (including phenoxy) is 1. The summed E-state index contributed by atoms with van der Waals surface area (Å²) in [6, 6.07) is 4.84. The predicted octanol–water partition coefficient (Wildman–Crippen LogP) is 2.35. The molecule has 1 aromatic heterocycles. The summed E-state index contributed by atoms with van der Waals surface area (Å²) in [7, 11) is 0. The van der Waals surface area contributed by atoms with Crippen LogP contribution in [0.5, 0.6) is 5.75 Å². The van der Waals surface area contributed by atoms with Crippen LogP contribution in [0, 0.1) is 6.92 Å². The Morgan fingerprint density at radius 3 is 2.68 bits per heavy atom. The van der Waals surface area contributed by atoms with Crippen molar-refractivity contribution >= 4 is 12.0 Å². The second-order valence-electron chi connectivity index (χ2n) is 4.67. The summed E-state index contributed by atoms with van der Waals surface area (Å²) >= 11 is 0. The Kier molecular flexibility index (Phi) is 4.50. The van der Waals surface area contributed by atoms with Crippen molar-refractivity contribution in [1.29, 1.82) is 0 Å². The van der Waals surface area contributed by atoms with Crippen LogP contribution in [-0.2, 0) is 0 Å². The number of nitrogens with two attached hydrogens (primary N) is 2. The molecule has 0 atom stereocenters. The van der Waals surface area contributed by atoms with Gasteiger partial charge in [0.1, 0.15) is 11.4 Å². The Bertz CT molecular complexity index is 714. The minimum Gasteiger partial charge on any atom is -0.434 e. The molecule has 6 nitrogen and oxygen atoms in total. The molecule has 1 aromatic carbocycles. The molecule has 0 bridgehead atoms. The smallest absolute Gasteiger partial charge is 0.387 e. The van der Waals surface area contributed by atoms with Crippen LogP contribution in [0.4, 0.5) is 14.7 Å². The van der Waals surface area contributed by atoms with Gasteiger partial charge in [0.05, 0.1) is 5.69 Å². The van der Waals surface area contributed by atoms with Gasteiger partial charge in [-0.3, -0.25) is 0 Å². The average Bonchev–Trinajstić information content (AvgIpc) is 2.38. The summed E-state index contributed by atoms with van der Waals surface area (Å²) in [6.45, 7) is 0.471. The van der Waals surface area contributed by atoms with Crippen LogP contribution >= 0.6 is 0 Å². The van der Waals surface area contributed by atoms with Crippen molar-refractivity contribution < 1.29 is 13.5 Å². The van der Waals surface area contributed by atoms with Gasteiger partial charge >= 0.3 is 6.61 Å². The molecule has 2 rings (SSSR count). The highest BCUT2D eigenvalue weighted by Gasteiger charge is 2.17. The van der Waals surface area contributed by atoms with E-state index in [0.717, 1.165) is 5.56 Å². The molecule has 2 aromatic rings. The Labute approximate surface area is 125 Å². The standard InChI is InChI=1S/C14H15F2N5O/c1-7-3-4-9(11(5-7)22-13(15)16)12-10(6-8(2)17)19-14(18)21-20-12/h3-6,13H,17H2,1-2H3,(H2,18,19,21)/b8-6-. The first kappa shape index (κ1) is 15.6. The molecule has 0 aliphatic heterocycles. The topological polar surface area (TPSA) is 99.9 Å². The molecule has 0 fully saturated rings. The Morgan fingerprint density at radius 2 is 2.05 bits per heavy atom. The number of aryl methyl sites for hydroxylation is 1. The predicted molar refractivity (Wildman–Crippen MR) is 78.9 cm³/mol. The van der Waals surface area contributed by atoms with E-state index in [1.807, 2.05) is 0 Å². The number of alkyl halides is 2. The number of halogens is 2. The highest BCUT2D eigenvalue weighted by atomic mass is 19.3. The Balaban J connectivity index is 2.63. The minimum atomic E-state index is -2.95. The summed E-state index contributed by atoms with van der Waals surface area (Å²) in [5.41, 5.74) is 13.3. The number of nitrogens with zero attached hydrogens (tertiary/aromatic N) is 3. The van der Waals surface area contributed by atoms with Crippen LogP contribution in [0.3, 0.4) is 0 Å². The largest absolute Gasteiger partial charge is 0.434 e. The molecule has 4 N–H and O–H groups in total. The fourth-order valence-corrected chi connectivity index (χ4v) is 1.88. The fraction of sp³-hybridized carbons (Fsp3) is 0.214. The molecule has 116 valence electrons. The van der Waals surface area contributed by atoms with Crippen molar-refractivity contribution in [1.82, 2.24) is 15.2 Å². The first-order valence-electron chi connectivity index (χ1n) is 6.36. The Morgan fingerprint density at radius 1 is 1.32 bits per heavy atom. The van der Waals surface area contributed by atoms with Gasteiger partial charge in [-0.25, -0.2) is 4.98 Å². The minimum absolute atomic E-state index is 0.0137. The number of nitrogen functional groups attached to an aromatic ring is 1. The lowest BCUT2D eigenvalue weighted by Crippen LogP contribution is -2.07. The van der Waals surface area contributed by atoms with Crippen LogP contribution in [-0.4, -0.2) is 21.8 Å². The van der Waals surface area contributed by atoms with Crippen LogP contribution in [0.25, 0.3) is 17.3 Å². The van der Waals surface area contributed by atoms with Crippen LogP contribution in [0.2, 0.25) is 0 Å². The zero-order valence-corrected chi connectivity index (χ0v) is 12.0. The molecule has 0 saturated heterocycles. The van der Waals surface area contributed by atoms with Gasteiger partial charge in [0.25, 0.3) is 0 Å². The van der Waals surface area contributed by atoms with Gasteiger partial charge in [-0.2, -0.15) is 8.78 Å². The number of anilines is 1. The molecule has 1 heterocycles. The third-order valence-electron chi connectivity index (χ3n) is 2.70. The zero-order valence-electron chi connectivity index (χ0n) is 12.0. The van der Waals surface area contributed by atoms with Gasteiger partial charge in [0.2, 0.25) is 5.95 Å². The number of rotatable bonds is 4. The van der Waals surface area contributed by atoms with E-state index in [-0.39, 0.29) is 17.4 Å². The zero-order chi connectivity index (χ0) is 16.3. The number of hydrogen-bond donors (Lipinski definition) is 2. The van der Waals surface area contributed by atoms with E-state index >= 15 is 0 Å². The molecule has 0 aliphatic carbocycles. The van der Waals surface area contributed by atoms with E-state index in [1.54, 1.807) is 26.0 Å². The normalized spacial score (nSPS) is 11.8. The molecule has 8 heteroatoms. The van der Waals surface area contributed by atoms with Crippen molar-refractivity contribution in [3.63, 3.8) is 0 Å². The van der Waals surface area contributed by atoms with Crippen LogP contribution in [0.15, 0.2) is 23.9 Å². The lowest BCUT2D eigenvalue weighted by Gasteiger charge is -2.12. The number of benzene rings is 1. The summed E-state index contributed by atoms with van der Waals surface area (Å²) < 4.78 is 29.8. The highest BCUT2D eigenvalue weighted by Crippen LogP contribution is 2.32. The monoisotopic (exact) mass is 307 g/mol. The van der Waals surface area contributed by atoms with E-state index in [2.05, 4.69) is 19.9 Å². The van der Waals surface area contributed by atoms with E-state index in [1.165, 1.54) is 12.1 Å².